The second kappa shape index (κ2) is 6.69. The maximum absolute atomic E-state index is 13.8. The van der Waals surface area contributed by atoms with E-state index in [2.05, 4.69) is 10.00 Å². The van der Waals surface area contributed by atoms with Crippen molar-refractivity contribution in [2.75, 3.05) is 20.7 Å². The minimum absolute atomic E-state index is 0.0642. The zero-order chi connectivity index (χ0) is 15.4. The molecule has 0 bridgehead atoms. The van der Waals surface area contributed by atoms with Gasteiger partial charge in [0.15, 0.2) is 11.6 Å². The quantitative estimate of drug-likeness (QED) is 0.880. The molecule has 5 nitrogen and oxygen atoms in total. The lowest BCUT2D eigenvalue weighted by atomic mass is 10.0. The number of aromatic nitrogens is 2. The first-order chi connectivity index (χ1) is 10.0. The minimum atomic E-state index is -0.372. The fourth-order valence-corrected chi connectivity index (χ4v) is 2.41. The number of methoxy groups -OCH3 is 1. The first-order valence-corrected chi connectivity index (χ1v) is 6.76. The maximum Gasteiger partial charge on any atom is 0.165 e. The van der Waals surface area contributed by atoms with Gasteiger partial charge in [0.25, 0.3) is 0 Å². The molecule has 0 aliphatic carbocycles. The van der Waals surface area contributed by atoms with Crippen molar-refractivity contribution in [2.24, 2.45) is 12.8 Å². The molecule has 0 radical (unpaired) electrons. The van der Waals surface area contributed by atoms with Crippen LogP contribution in [-0.4, -0.2) is 35.4 Å². The predicted molar refractivity (Wildman–Crippen MR) is 79.4 cm³/mol. The molecule has 0 fully saturated rings. The molecule has 21 heavy (non-hydrogen) atoms. The number of nitrogens with zero attached hydrogens (tertiary/aromatic N) is 3. The Hall–Kier alpha value is -1.92. The summed E-state index contributed by atoms with van der Waals surface area (Å²) in [7, 11) is 5.29. The third kappa shape index (κ3) is 3.59. The molecule has 6 heteroatoms. The molecule has 0 amide bonds. The number of likely N-dealkylation sites (N-methyl/N-ethyl adjacent to an activating group) is 1. The molecule has 0 aliphatic heterocycles. The molecule has 0 saturated carbocycles. The average molecular weight is 292 g/mol. The third-order valence-corrected chi connectivity index (χ3v) is 3.51. The van der Waals surface area contributed by atoms with Crippen molar-refractivity contribution < 1.29 is 9.13 Å². The van der Waals surface area contributed by atoms with E-state index in [1.54, 1.807) is 10.7 Å². The fourth-order valence-electron chi connectivity index (χ4n) is 2.41. The molecule has 1 unspecified atom stereocenters. The smallest absolute Gasteiger partial charge is 0.165 e. The number of rotatable bonds is 6. The molecule has 0 aliphatic rings. The third-order valence-electron chi connectivity index (χ3n) is 3.51. The summed E-state index contributed by atoms with van der Waals surface area (Å²) in [5.41, 5.74) is 7.79. The van der Waals surface area contributed by atoms with E-state index in [0.29, 0.717) is 13.1 Å². The Bertz CT molecular complexity index is 599. The van der Waals surface area contributed by atoms with Gasteiger partial charge in [-0.2, -0.15) is 5.10 Å². The summed E-state index contributed by atoms with van der Waals surface area (Å²) in [5, 5.41) is 4.15. The van der Waals surface area contributed by atoms with Gasteiger partial charge in [0.2, 0.25) is 0 Å². The van der Waals surface area contributed by atoms with Crippen molar-refractivity contribution in [1.29, 1.82) is 0 Å². The summed E-state index contributed by atoms with van der Waals surface area (Å²) >= 11 is 0. The number of ether oxygens (including phenoxy) is 1. The van der Waals surface area contributed by atoms with E-state index < -0.39 is 0 Å². The van der Waals surface area contributed by atoms with Crippen LogP contribution in [0.2, 0.25) is 0 Å². The Morgan fingerprint density at radius 1 is 1.48 bits per heavy atom. The summed E-state index contributed by atoms with van der Waals surface area (Å²) in [6.07, 6.45) is 3.78. The highest BCUT2D eigenvalue weighted by Gasteiger charge is 2.18. The largest absolute Gasteiger partial charge is 0.494 e. The van der Waals surface area contributed by atoms with Crippen LogP contribution in [0.15, 0.2) is 30.6 Å². The van der Waals surface area contributed by atoms with Gasteiger partial charge in [-0.1, -0.05) is 6.07 Å². The van der Waals surface area contributed by atoms with E-state index in [1.165, 1.54) is 13.2 Å². The van der Waals surface area contributed by atoms with Crippen molar-refractivity contribution in [3.05, 3.63) is 47.5 Å². The van der Waals surface area contributed by atoms with Crippen LogP contribution in [0.25, 0.3) is 0 Å². The first-order valence-electron chi connectivity index (χ1n) is 6.76. The first kappa shape index (κ1) is 15.5. The van der Waals surface area contributed by atoms with Crippen LogP contribution in [0.4, 0.5) is 4.39 Å². The highest BCUT2D eigenvalue weighted by Crippen LogP contribution is 2.25. The second-order valence-electron chi connectivity index (χ2n) is 5.08. The zero-order valence-corrected chi connectivity index (χ0v) is 12.6. The normalized spacial score (nSPS) is 12.7. The maximum atomic E-state index is 13.8. The minimum Gasteiger partial charge on any atom is -0.494 e. The molecule has 114 valence electrons. The van der Waals surface area contributed by atoms with Crippen molar-refractivity contribution >= 4 is 0 Å². The van der Waals surface area contributed by atoms with Crippen LogP contribution in [0.5, 0.6) is 5.75 Å². The zero-order valence-electron chi connectivity index (χ0n) is 12.6. The Labute approximate surface area is 124 Å². The van der Waals surface area contributed by atoms with E-state index in [0.717, 1.165) is 11.1 Å². The summed E-state index contributed by atoms with van der Waals surface area (Å²) in [6, 6.07) is 4.89. The highest BCUT2D eigenvalue weighted by atomic mass is 19.1. The lowest BCUT2D eigenvalue weighted by Gasteiger charge is -2.27. The van der Waals surface area contributed by atoms with Crippen LogP contribution in [0, 0.1) is 5.82 Å². The van der Waals surface area contributed by atoms with E-state index >= 15 is 0 Å². The molecule has 2 N–H and O–H groups in total. The Balaban J connectivity index is 2.16. The second-order valence-corrected chi connectivity index (χ2v) is 5.08. The number of aryl methyl sites for hydroxylation is 1. The van der Waals surface area contributed by atoms with Crippen molar-refractivity contribution in [1.82, 2.24) is 14.7 Å². The van der Waals surface area contributed by atoms with Gasteiger partial charge in [-0.3, -0.25) is 9.58 Å². The van der Waals surface area contributed by atoms with Crippen LogP contribution >= 0.6 is 0 Å². The van der Waals surface area contributed by atoms with Crippen LogP contribution in [0.3, 0.4) is 0 Å². The van der Waals surface area contributed by atoms with E-state index in [1.807, 2.05) is 32.6 Å². The predicted octanol–water partition coefficient (Wildman–Crippen LogP) is 1.70. The molecule has 2 rings (SSSR count). The lowest BCUT2D eigenvalue weighted by molar-refractivity contribution is 0.241. The fraction of sp³-hybridized carbons (Fsp3) is 0.400. The monoisotopic (exact) mass is 292 g/mol. The molecule has 1 aromatic carbocycles. The van der Waals surface area contributed by atoms with Crippen molar-refractivity contribution in [2.45, 2.75) is 12.6 Å². The molecule has 2 aromatic rings. The number of benzene rings is 1. The average Bonchev–Trinajstić information content (AvgIpc) is 2.85. The van der Waals surface area contributed by atoms with Gasteiger partial charge >= 0.3 is 0 Å². The van der Waals surface area contributed by atoms with E-state index in [9.17, 15) is 4.39 Å². The van der Waals surface area contributed by atoms with Gasteiger partial charge in [-0.25, -0.2) is 4.39 Å². The summed E-state index contributed by atoms with van der Waals surface area (Å²) in [6.45, 7) is 1.10. The SMILES string of the molecule is COc1ccc(C(CN)N(C)Cc2cnn(C)c2)cc1F. The number of hydrogen-bond donors (Lipinski definition) is 1. The molecule has 1 heterocycles. The molecular formula is C15H21FN4O. The Morgan fingerprint density at radius 3 is 2.76 bits per heavy atom. The molecular weight excluding hydrogens is 271 g/mol. The van der Waals surface area contributed by atoms with Gasteiger partial charge in [0.05, 0.1) is 13.3 Å². The molecule has 0 spiro atoms. The van der Waals surface area contributed by atoms with Gasteiger partial charge in [-0.05, 0) is 24.7 Å². The highest BCUT2D eigenvalue weighted by molar-refractivity contribution is 5.31. The Kier molecular flexibility index (Phi) is 4.93. The molecule has 1 aromatic heterocycles. The standard InChI is InChI=1S/C15H21FN4O/c1-19(9-11-8-18-20(2)10-11)14(7-17)12-4-5-15(21-3)13(16)6-12/h4-6,8,10,14H,7,9,17H2,1-3H3. The van der Waals surface area contributed by atoms with Gasteiger partial charge in [-0.15, -0.1) is 0 Å². The molecule has 1 atom stereocenters. The lowest BCUT2D eigenvalue weighted by Crippen LogP contribution is -2.30. The van der Waals surface area contributed by atoms with Crippen molar-refractivity contribution in [3.63, 3.8) is 0 Å². The number of nitrogens with two attached hydrogens (primary N) is 1. The van der Waals surface area contributed by atoms with E-state index in [-0.39, 0.29) is 17.6 Å². The van der Waals surface area contributed by atoms with Crippen LogP contribution in [0.1, 0.15) is 17.2 Å². The van der Waals surface area contributed by atoms with Gasteiger partial charge in [0, 0.05) is 37.9 Å². The topological polar surface area (TPSA) is 56.3 Å². The number of hydrogen-bond acceptors (Lipinski definition) is 4. The van der Waals surface area contributed by atoms with Crippen LogP contribution < -0.4 is 10.5 Å². The van der Waals surface area contributed by atoms with Gasteiger partial charge < -0.3 is 10.5 Å². The summed E-state index contributed by atoms with van der Waals surface area (Å²) in [4.78, 5) is 2.08. The summed E-state index contributed by atoms with van der Waals surface area (Å²) < 4.78 is 20.5. The molecule has 0 saturated heterocycles. The summed E-state index contributed by atoms with van der Waals surface area (Å²) in [5.74, 6) is -0.132. The van der Waals surface area contributed by atoms with E-state index in [4.69, 9.17) is 10.5 Å². The van der Waals surface area contributed by atoms with Crippen molar-refractivity contribution in [3.8, 4) is 5.75 Å². The van der Waals surface area contributed by atoms with Crippen LogP contribution in [-0.2, 0) is 13.6 Å². The number of halogens is 1. The Morgan fingerprint density at radius 2 is 2.24 bits per heavy atom. The van der Waals surface area contributed by atoms with Gasteiger partial charge in [0.1, 0.15) is 0 Å².